The number of halogens is 1. The highest BCUT2D eigenvalue weighted by molar-refractivity contribution is 5.93. The van der Waals surface area contributed by atoms with Gasteiger partial charge in [-0.25, -0.2) is 14.4 Å². The molecule has 0 aromatic heterocycles. The SMILES string of the molecule is CCC(NC)OC(=O)[C@H](Cc1ccc(OC(=O)c2ccccc2)c(OC(=O)c2ccccc2)c1)NC(=O)C1CCCN1.F. The molecule has 0 bridgehead atoms. The molecule has 1 aliphatic heterocycles. The van der Waals surface area contributed by atoms with Gasteiger partial charge in [0.1, 0.15) is 6.04 Å². The van der Waals surface area contributed by atoms with Gasteiger partial charge in [-0.05, 0) is 74.8 Å². The van der Waals surface area contributed by atoms with Gasteiger partial charge in [0.05, 0.1) is 17.2 Å². The molecule has 3 atom stereocenters. The fraction of sp³-hybridized carbons (Fsp3) is 0.312. The zero-order valence-corrected chi connectivity index (χ0v) is 24.0. The molecule has 11 heteroatoms. The second-order valence-corrected chi connectivity index (χ2v) is 9.83. The van der Waals surface area contributed by atoms with E-state index in [1.165, 1.54) is 12.1 Å². The third-order valence-electron chi connectivity index (χ3n) is 6.80. The van der Waals surface area contributed by atoms with Crippen molar-refractivity contribution in [3.63, 3.8) is 0 Å². The van der Waals surface area contributed by atoms with Crippen LogP contribution in [0, 0.1) is 0 Å². The average molecular weight is 594 g/mol. The van der Waals surface area contributed by atoms with Gasteiger partial charge >= 0.3 is 17.9 Å². The summed E-state index contributed by atoms with van der Waals surface area (Å²) in [5.74, 6) is -2.17. The predicted molar refractivity (Wildman–Crippen MR) is 158 cm³/mol. The molecule has 1 saturated heterocycles. The lowest BCUT2D eigenvalue weighted by Gasteiger charge is -2.23. The van der Waals surface area contributed by atoms with Gasteiger partial charge in [-0.2, -0.15) is 0 Å². The zero-order valence-electron chi connectivity index (χ0n) is 24.0. The molecular formula is C32H36FN3O7. The van der Waals surface area contributed by atoms with Crippen molar-refractivity contribution in [2.75, 3.05) is 13.6 Å². The Hall–Kier alpha value is -4.61. The quantitative estimate of drug-likeness (QED) is 0.164. The summed E-state index contributed by atoms with van der Waals surface area (Å²) in [7, 11) is 1.68. The Morgan fingerprint density at radius 3 is 2.02 bits per heavy atom. The molecule has 43 heavy (non-hydrogen) atoms. The molecule has 1 heterocycles. The summed E-state index contributed by atoms with van der Waals surface area (Å²) in [6, 6.07) is 20.1. The monoisotopic (exact) mass is 593 g/mol. The van der Waals surface area contributed by atoms with E-state index in [0.29, 0.717) is 29.5 Å². The molecule has 228 valence electrons. The van der Waals surface area contributed by atoms with Gasteiger partial charge < -0.3 is 24.8 Å². The van der Waals surface area contributed by atoms with E-state index in [4.69, 9.17) is 14.2 Å². The maximum absolute atomic E-state index is 13.2. The van der Waals surface area contributed by atoms with Crippen molar-refractivity contribution in [1.29, 1.82) is 0 Å². The number of ether oxygens (including phenoxy) is 3. The third kappa shape index (κ3) is 9.19. The molecule has 0 radical (unpaired) electrons. The van der Waals surface area contributed by atoms with Crippen LogP contribution in [0.3, 0.4) is 0 Å². The molecule has 0 spiro atoms. The van der Waals surface area contributed by atoms with Crippen molar-refractivity contribution < 1.29 is 38.1 Å². The highest BCUT2D eigenvalue weighted by Crippen LogP contribution is 2.31. The molecule has 2 unspecified atom stereocenters. The van der Waals surface area contributed by atoms with Crippen LogP contribution in [0.25, 0.3) is 0 Å². The second kappa shape index (κ2) is 16.1. The number of rotatable bonds is 12. The number of esters is 3. The molecule has 4 rings (SSSR count). The van der Waals surface area contributed by atoms with Gasteiger partial charge in [0.15, 0.2) is 17.7 Å². The number of amides is 1. The summed E-state index contributed by atoms with van der Waals surface area (Å²) in [5.41, 5.74) is 1.17. The van der Waals surface area contributed by atoms with Crippen LogP contribution >= 0.6 is 0 Å². The Kier molecular flexibility index (Phi) is 12.3. The lowest BCUT2D eigenvalue weighted by molar-refractivity contribution is -0.154. The van der Waals surface area contributed by atoms with Crippen LogP contribution in [0.1, 0.15) is 52.5 Å². The Balaban J connectivity index is 0.00000506. The number of benzene rings is 3. The van der Waals surface area contributed by atoms with Crippen LogP contribution in [-0.2, 0) is 20.7 Å². The number of carbonyl (C=O) groups excluding carboxylic acids is 4. The fourth-order valence-corrected chi connectivity index (χ4v) is 4.49. The lowest BCUT2D eigenvalue weighted by Crippen LogP contribution is -2.50. The van der Waals surface area contributed by atoms with Crippen molar-refractivity contribution >= 4 is 23.8 Å². The summed E-state index contributed by atoms with van der Waals surface area (Å²) in [4.78, 5) is 51.9. The van der Waals surface area contributed by atoms with Gasteiger partial charge in [-0.1, -0.05) is 49.4 Å². The van der Waals surface area contributed by atoms with Crippen LogP contribution in [-0.4, -0.2) is 55.7 Å². The van der Waals surface area contributed by atoms with Crippen LogP contribution in [0.4, 0.5) is 4.70 Å². The molecule has 3 aromatic rings. The average Bonchev–Trinajstić information content (AvgIpc) is 3.57. The van der Waals surface area contributed by atoms with Crippen LogP contribution in [0.5, 0.6) is 11.5 Å². The van der Waals surface area contributed by atoms with E-state index in [2.05, 4.69) is 16.0 Å². The Morgan fingerprint density at radius 2 is 1.49 bits per heavy atom. The lowest BCUT2D eigenvalue weighted by atomic mass is 10.0. The first-order valence-electron chi connectivity index (χ1n) is 14.0. The first-order valence-corrected chi connectivity index (χ1v) is 14.0. The number of carbonyl (C=O) groups is 4. The van der Waals surface area contributed by atoms with Gasteiger partial charge in [-0.15, -0.1) is 0 Å². The first kappa shape index (κ1) is 32.9. The summed E-state index contributed by atoms with van der Waals surface area (Å²) in [5, 5.41) is 8.87. The molecule has 1 fully saturated rings. The molecule has 1 amide bonds. The molecule has 3 aromatic carbocycles. The Morgan fingerprint density at radius 1 is 0.884 bits per heavy atom. The molecule has 10 nitrogen and oxygen atoms in total. The number of nitrogens with one attached hydrogen (secondary N) is 3. The van der Waals surface area contributed by atoms with E-state index >= 15 is 0 Å². The first-order chi connectivity index (χ1) is 20.4. The molecule has 1 aliphatic rings. The largest absolute Gasteiger partial charge is 0.445 e. The van der Waals surface area contributed by atoms with E-state index < -0.39 is 36.2 Å². The van der Waals surface area contributed by atoms with E-state index in [-0.39, 0.29) is 28.5 Å². The van der Waals surface area contributed by atoms with Crippen LogP contribution in [0.15, 0.2) is 78.9 Å². The van der Waals surface area contributed by atoms with Crippen molar-refractivity contribution in [3.05, 3.63) is 95.6 Å². The van der Waals surface area contributed by atoms with Gasteiger partial charge in [0.25, 0.3) is 0 Å². The smallest absolute Gasteiger partial charge is 0.343 e. The minimum Gasteiger partial charge on any atom is -0.445 e. The fourth-order valence-electron chi connectivity index (χ4n) is 4.49. The van der Waals surface area contributed by atoms with Crippen LogP contribution in [0.2, 0.25) is 0 Å². The molecule has 0 saturated carbocycles. The number of hydrogen-bond donors (Lipinski definition) is 3. The van der Waals surface area contributed by atoms with Crippen molar-refractivity contribution in [1.82, 2.24) is 16.0 Å². The highest BCUT2D eigenvalue weighted by atomic mass is 19.0. The standard InChI is InChI=1S/C32H35N3O7.FH/c1-3-28(33-2)42-32(39)25(35-29(36)24-15-10-18-34-24)19-21-16-17-26(40-30(37)22-11-6-4-7-12-22)27(20-21)41-31(38)23-13-8-5-9-14-23;/h4-9,11-14,16-17,20,24-25,28,33-34H,3,10,15,18-19H2,1-2H3,(H,35,36);1H/t24?,25-,28?;/m0./s1. The maximum atomic E-state index is 13.2. The summed E-state index contributed by atoms with van der Waals surface area (Å²) < 4.78 is 16.9. The Labute approximate surface area is 249 Å². The highest BCUT2D eigenvalue weighted by Gasteiger charge is 2.30. The van der Waals surface area contributed by atoms with Crippen LogP contribution < -0.4 is 25.4 Å². The minimum atomic E-state index is -1.02. The predicted octanol–water partition coefficient (Wildman–Crippen LogP) is 3.56. The van der Waals surface area contributed by atoms with Crippen molar-refractivity contribution in [2.24, 2.45) is 0 Å². The zero-order chi connectivity index (χ0) is 29.9. The number of hydrogen-bond acceptors (Lipinski definition) is 9. The molecular weight excluding hydrogens is 557 g/mol. The maximum Gasteiger partial charge on any atom is 0.343 e. The molecule has 3 N–H and O–H groups in total. The summed E-state index contributed by atoms with van der Waals surface area (Å²) in [6.45, 7) is 2.59. The van der Waals surface area contributed by atoms with Crippen molar-refractivity contribution in [2.45, 2.75) is 50.9 Å². The van der Waals surface area contributed by atoms with E-state index in [0.717, 1.165) is 13.0 Å². The van der Waals surface area contributed by atoms with E-state index in [1.54, 1.807) is 73.8 Å². The topological polar surface area (TPSA) is 132 Å². The second-order valence-electron chi connectivity index (χ2n) is 9.83. The van der Waals surface area contributed by atoms with E-state index in [9.17, 15) is 19.2 Å². The molecule has 0 aliphatic carbocycles. The third-order valence-corrected chi connectivity index (χ3v) is 6.80. The normalized spacial score (nSPS) is 15.3. The van der Waals surface area contributed by atoms with Crippen molar-refractivity contribution in [3.8, 4) is 11.5 Å². The summed E-state index contributed by atoms with van der Waals surface area (Å²) >= 11 is 0. The van der Waals surface area contributed by atoms with Gasteiger partial charge in [0.2, 0.25) is 5.91 Å². The Bertz CT molecular complexity index is 1380. The van der Waals surface area contributed by atoms with Gasteiger partial charge in [0, 0.05) is 6.42 Å². The summed E-state index contributed by atoms with van der Waals surface area (Å²) in [6.07, 6.45) is 1.59. The van der Waals surface area contributed by atoms with E-state index in [1.807, 2.05) is 6.92 Å². The van der Waals surface area contributed by atoms with Gasteiger partial charge in [-0.3, -0.25) is 14.8 Å². The minimum absolute atomic E-state index is 0.